The molecule has 0 radical (unpaired) electrons. The standard InChI is InChI=1S/C10H10FN3O2S2/c1-6-13-5-9(17-6)18(15,16)14-10-7(11)3-2-4-8(10)12/h2-5,14H,12H2,1H3. The number of hydrogen-bond donors (Lipinski definition) is 2. The fourth-order valence-electron chi connectivity index (χ4n) is 1.30. The van der Waals surface area contributed by atoms with E-state index in [9.17, 15) is 12.8 Å². The molecule has 1 heterocycles. The van der Waals surface area contributed by atoms with Gasteiger partial charge in [-0.3, -0.25) is 4.72 Å². The number of hydrogen-bond acceptors (Lipinski definition) is 5. The molecule has 18 heavy (non-hydrogen) atoms. The molecule has 0 unspecified atom stereocenters. The predicted molar refractivity (Wildman–Crippen MR) is 68.5 cm³/mol. The highest BCUT2D eigenvalue weighted by atomic mass is 32.2. The molecule has 0 spiro atoms. The van der Waals surface area contributed by atoms with Crippen molar-refractivity contribution in [1.29, 1.82) is 0 Å². The number of nitrogens with two attached hydrogens (primary N) is 1. The lowest BCUT2D eigenvalue weighted by atomic mass is 10.3. The highest BCUT2D eigenvalue weighted by Gasteiger charge is 2.20. The summed E-state index contributed by atoms with van der Waals surface area (Å²) in [6, 6.07) is 3.95. The van der Waals surface area contributed by atoms with Gasteiger partial charge in [-0.05, 0) is 19.1 Å². The maximum atomic E-state index is 13.5. The van der Waals surface area contributed by atoms with Crippen LogP contribution in [0.3, 0.4) is 0 Å². The molecular weight excluding hydrogens is 277 g/mol. The molecule has 2 aromatic rings. The molecule has 3 N–H and O–H groups in total. The number of para-hydroxylation sites is 1. The van der Waals surface area contributed by atoms with Crippen LogP contribution in [0.2, 0.25) is 0 Å². The zero-order valence-corrected chi connectivity index (χ0v) is 11.0. The van der Waals surface area contributed by atoms with Crippen LogP contribution in [0.25, 0.3) is 0 Å². The number of benzene rings is 1. The molecule has 0 atom stereocenters. The van der Waals surface area contributed by atoms with E-state index in [1.807, 2.05) is 0 Å². The molecule has 1 aromatic carbocycles. The number of nitrogens with zero attached hydrogens (tertiary/aromatic N) is 1. The molecule has 2 rings (SSSR count). The van der Waals surface area contributed by atoms with Crippen LogP contribution in [-0.4, -0.2) is 13.4 Å². The Hall–Kier alpha value is -1.67. The molecule has 0 saturated heterocycles. The summed E-state index contributed by atoms with van der Waals surface area (Å²) < 4.78 is 39.5. The molecule has 0 aliphatic heterocycles. The first kappa shape index (κ1) is 12.8. The number of sulfonamides is 1. The molecular formula is C10H10FN3O2S2. The Morgan fingerprint density at radius 2 is 2.17 bits per heavy atom. The molecule has 0 saturated carbocycles. The molecule has 5 nitrogen and oxygen atoms in total. The van der Waals surface area contributed by atoms with Gasteiger partial charge in [0.2, 0.25) is 0 Å². The zero-order chi connectivity index (χ0) is 13.3. The van der Waals surface area contributed by atoms with Crippen molar-refractivity contribution in [3.05, 3.63) is 35.2 Å². The van der Waals surface area contributed by atoms with Crippen molar-refractivity contribution in [1.82, 2.24) is 4.98 Å². The Morgan fingerprint density at radius 1 is 1.44 bits per heavy atom. The maximum Gasteiger partial charge on any atom is 0.273 e. The summed E-state index contributed by atoms with van der Waals surface area (Å²) in [5, 5.41) is 0.608. The summed E-state index contributed by atoms with van der Waals surface area (Å²) >= 11 is 1.00. The number of halogens is 1. The van der Waals surface area contributed by atoms with Gasteiger partial charge >= 0.3 is 0 Å². The Balaban J connectivity index is 2.40. The molecule has 0 bridgehead atoms. The maximum absolute atomic E-state index is 13.5. The topological polar surface area (TPSA) is 85.1 Å². The first-order chi connectivity index (χ1) is 8.40. The monoisotopic (exact) mass is 287 g/mol. The van der Waals surface area contributed by atoms with Crippen LogP contribution >= 0.6 is 11.3 Å². The first-order valence-electron chi connectivity index (χ1n) is 4.89. The van der Waals surface area contributed by atoms with E-state index in [1.165, 1.54) is 18.3 Å². The van der Waals surface area contributed by atoms with Crippen molar-refractivity contribution in [2.45, 2.75) is 11.1 Å². The van der Waals surface area contributed by atoms with E-state index in [0.29, 0.717) is 5.01 Å². The van der Waals surface area contributed by atoms with Gasteiger partial charge < -0.3 is 5.73 Å². The van der Waals surface area contributed by atoms with Crippen LogP contribution in [0.15, 0.2) is 28.6 Å². The predicted octanol–water partition coefficient (Wildman–Crippen LogP) is 1.97. The quantitative estimate of drug-likeness (QED) is 0.845. The van der Waals surface area contributed by atoms with Crippen molar-refractivity contribution in [2.24, 2.45) is 0 Å². The third-order valence-corrected chi connectivity index (χ3v) is 4.87. The van der Waals surface area contributed by atoms with Crippen molar-refractivity contribution in [2.75, 3.05) is 10.5 Å². The van der Waals surface area contributed by atoms with Gasteiger partial charge in [0.25, 0.3) is 10.0 Å². The van der Waals surface area contributed by atoms with Crippen LogP contribution in [0.5, 0.6) is 0 Å². The molecule has 0 aliphatic rings. The van der Waals surface area contributed by atoms with Crippen LogP contribution in [0.4, 0.5) is 15.8 Å². The number of aromatic nitrogens is 1. The first-order valence-corrected chi connectivity index (χ1v) is 7.19. The lowest BCUT2D eigenvalue weighted by Crippen LogP contribution is -2.14. The Bertz CT molecular complexity index is 662. The molecule has 0 fully saturated rings. The molecule has 0 amide bonds. The summed E-state index contributed by atoms with van der Waals surface area (Å²) in [4.78, 5) is 3.84. The third-order valence-electron chi connectivity index (χ3n) is 2.15. The summed E-state index contributed by atoms with van der Waals surface area (Å²) in [5.74, 6) is -0.722. The fourth-order valence-corrected chi connectivity index (χ4v) is 3.50. The van der Waals surface area contributed by atoms with E-state index < -0.39 is 15.8 Å². The molecule has 0 aliphatic carbocycles. The average Bonchev–Trinajstić information content (AvgIpc) is 2.71. The SMILES string of the molecule is Cc1ncc(S(=O)(=O)Nc2c(N)cccc2F)s1. The zero-order valence-electron chi connectivity index (χ0n) is 9.34. The van der Waals surface area contributed by atoms with Gasteiger partial charge in [0, 0.05) is 0 Å². The highest BCUT2D eigenvalue weighted by Crippen LogP contribution is 2.26. The Morgan fingerprint density at radius 3 is 2.72 bits per heavy atom. The molecule has 96 valence electrons. The van der Waals surface area contributed by atoms with Crippen molar-refractivity contribution >= 4 is 32.7 Å². The van der Waals surface area contributed by atoms with Gasteiger partial charge in [-0.25, -0.2) is 17.8 Å². The van der Waals surface area contributed by atoms with Gasteiger partial charge in [-0.15, -0.1) is 11.3 Å². The van der Waals surface area contributed by atoms with Gasteiger partial charge in [-0.2, -0.15) is 0 Å². The van der Waals surface area contributed by atoms with E-state index in [1.54, 1.807) is 6.92 Å². The number of rotatable bonds is 3. The smallest absolute Gasteiger partial charge is 0.273 e. The second kappa shape index (κ2) is 4.54. The number of thiazole rings is 1. The third kappa shape index (κ3) is 2.44. The number of aryl methyl sites for hydroxylation is 1. The summed E-state index contributed by atoms with van der Waals surface area (Å²) in [5.41, 5.74) is 5.31. The molecule has 8 heteroatoms. The summed E-state index contributed by atoms with van der Waals surface area (Å²) in [6.45, 7) is 1.68. The minimum atomic E-state index is -3.85. The van der Waals surface area contributed by atoms with E-state index in [2.05, 4.69) is 9.71 Å². The lowest BCUT2D eigenvalue weighted by molar-refractivity contribution is 0.600. The lowest BCUT2D eigenvalue weighted by Gasteiger charge is -2.09. The minimum Gasteiger partial charge on any atom is -0.397 e. The molecule has 1 aromatic heterocycles. The van der Waals surface area contributed by atoms with Crippen LogP contribution in [0.1, 0.15) is 5.01 Å². The van der Waals surface area contributed by atoms with E-state index in [-0.39, 0.29) is 15.6 Å². The fraction of sp³-hybridized carbons (Fsp3) is 0.100. The highest BCUT2D eigenvalue weighted by molar-refractivity contribution is 7.94. The average molecular weight is 287 g/mol. The number of nitrogen functional groups attached to an aromatic ring is 1. The normalized spacial score (nSPS) is 11.4. The van der Waals surface area contributed by atoms with Gasteiger partial charge in [0.05, 0.1) is 16.9 Å². The van der Waals surface area contributed by atoms with Crippen molar-refractivity contribution in [3.8, 4) is 0 Å². The van der Waals surface area contributed by atoms with E-state index in [4.69, 9.17) is 5.73 Å². The van der Waals surface area contributed by atoms with E-state index in [0.717, 1.165) is 17.4 Å². The van der Waals surface area contributed by atoms with Crippen LogP contribution in [-0.2, 0) is 10.0 Å². The van der Waals surface area contributed by atoms with Gasteiger partial charge in [0.1, 0.15) is 11.5 Å². The second-order valence-corrected chi connectivity index (χ2v) is 6.65. The second-order valence-electron chi connectivity index (χ2n) is 3.51. The number of anilines is 2. The van der Waals surface area contributed by atoms with Gasteiger partial charge in [0.15, 0.2) is 4.21 Å². The summed E-state index contributed by atoms with van der Waals surface area (Å²) in [7, 11) is -3.85. The van der Waals surface area contributed by atoms with Crippen molar-refractivity contribution in [3.63, 3.8) is 0 Å². The number of nitrogens with one attached hydrogen (secondary N) is 1. The largest absolute Gasteiger partial charge is 0.397 e. The van der Waals surface area contributed by atoms with Crippen LogP contribution < -0.4 is 10.5 Å². The Kier molecular flexibility index (Phi) is 3.22. The van der Waals surface area contributed by atoms with Crippen LogP contribution in [0, 0.1) is 12.7 Å². The van der Waals surface area contributed by atoms with E-state index >= 15 is 0 Å². The Labute approximate surface area is 108 Å². The summed E-state index contributed by atoms with van der Waals surface area (Å²) in [6.07, 6.45) is 1.22. The minimum absolute atomic E-state index is 0.0163. The van der Waals surface area contributed by atoms with Crippen molar-refractivity contribution < 1.29 is 12.8 Å². The van der Waals surface area contributed by atoms with Gasteiger partial charge in [-0.1, -0.05) is 6.07 Å².